The molecular weight excluding hydrogens is 264 g/mol. The average molecular weight is 284 g/mol. The summed E-state index contributed by atoms with van der Waals surface area (Å²) in [6, 6.07) is 16.3. The van der Waals surface area contributed by atoms with Crippen LogP contribution in [0.1, 0.15) is 35.4 Å². The van der Waals surface area contributed by atoms with Gasteiger partial charge in [-0.25, -0.2) is 0 Å². The molecule has 110 valence electrons. The van der Waals surface area contributed by atoms with Crippen LogP contribution in [0.2, 0.25) is 0 Å². The number of carbonyl (C=O) groups excluding carboxylic acids is 1. The molecule has 0 spiro atoms. The Kier molecular flexibility index (Phi) is 5.12. The largest absolute Gasteiger partial charge is 0.497 e. The molecular formula is C18H20O3. The highest BCUT2D eigenvalue weighted by Crippen LogP contribution is 2.29. The number of ether oxygens (including phenoxy) is 1. The minimum absolute atomic E-state index is 0.0265. The molecule has 0 radical (unpaired) electrons. The van der Waals surface area contributed by atoms with Gasteiger partial charge in [-0.2, -0.15) is 0 Å². The van der Waals surface area contributed by atoms with Gasteiger partial charge in [0, 0.05) is 5.56 Å². The summed E-state index contributed by atoms with van der Waals surface area (Å²) in [7, 11) is 1.60. The van der Waals surface area contributed by atoms with Crippen molar-refractivity contribution in [3.05, 3.63) is 65.7 Å². The van der Waals surface area contributed by atoms with E-state index < -0.39 is 12.0 Å². The molecule has 0 aromatic heterocycles. The summed E-state index contributed by atoms with van der Waals surface area (Å²) >= 11 is 0. The molecule has 21 heavy (non-hydrogen) atoms. The van der Waals surface area contributed by atoms with Crippen LogP contribution in [-0.2, 0) is 0 Å². The van der Waals surface area contributed by atoms with Gasteiger partial charge in [-0.3, -0.25) is 4.79 Å². The Morgan fingerprint density at radius 2 is 1.71 bits per heavy atom. The van der Waals surface area contributed by atoms with Crippen molar-refractivity contribution in [2.24, 2.45) is 5.92 Å². The Morgan fingerprint density at radius 3 is 2.24 bits per heavy atom. The summed E-state index contributed by atoms with van der Waals surface area (Å²) in [5.74, 6) is 0.260. The lowest BCUT2D eigenvalue weighted by Gasteiger charge is -2.21. The van der Waals surface area contributed by atoms with E-state index in [0.717, 1.165) is 11.3 Å². The standard InChI is InChI=1S/C18H20O3/c1-3-16(17(19)13-7-5-4-6-8-13)18(20)14-9-11-15(21-2)12-10-14/h4-12,16,18,20H,3H2,1-2H3/t16-,18+/m0/s1. The first kappa shape index (κ1) is 15.3. The molecule has 0 heterocycles. The van der Waals surface area contributed by atoms with Gasteiger partial charge in [0.2, 0.25) is 0 Å². The zero-order valence-electron chi connectivity index (χ0n) is 12.3. The maximum Gasteiger partial charge on any atom is 0.168 e. The highest BCUT2D eigenvalue weighted by atomic mass is 16.5. The number of methoxy groups -OCH3 is 1. The van der Waals surface area contributed by atoms with Crippen molar-refractivity contribution in [3.8, 4) is 5.75 Å². The van der Waals surface area contributed by atoms with E-state index in [9.17, 15) is 9.90 Å². The van der Waals surface area contributed by atoms with Crippen LogP contribution >= 0.6 is 0 Å². The van der Waals surface area contributed by atoms with E-state index in [0.29, 0.717) is 12.0 Å². The van der Waals surface area contributed by atoms with Crippen molar-refractivity contribution in [1.82, 2.24) is 0 Å². The van der Waals surface area contributed by atoms with Gasteiger partial charge >= 0.3 is 0 Å². The molecule has 0 amide bonds. The summed E-state index contributed by atoms with van der Waals surface area (Å²) in [5.41, 5.74) is 1.36. The third-order valence-corrected chi connectivity index (χ3v) is 3.67. The fourth-order valence-electron chi connectivity index (χ4n) is 2.40. The number of ketones is 1. The number of aliphatic hydroxyl groups is 1. The first-order valence-electron chi connectivity index (χ1n) is 7.08. The lowest BCUT2D eigenvalue weighted by atomic mass is 9.87. The van der Waals surface area contributed by atoms with Crippen LogP contribution in [0.4, 0.5) is 0 Å². The lowest BCUT2D eigenvalue weighted by Crippen LogP contribution is -2.22. The molecule has 0 aliphatic heterocycles. The predicted molar refractivity (Wildman–Crippen MR) is 82.5 cm³/mol. The van der Waals surface area contributed by atoms with Gasteiger partial charge in [0.15, 0.2) is 5.78 Å². The normalized spacial score (nSPS) is 13.5. The molecule has 0 saturated heterocycles. The SMILES string of the molecule is CC[C@@H](C(=O)c1ccccc1)[C@H](O)c1ccc(OC)cc1. The third kappa shape index (κ3) is 3.50. The Balaban J connectivity index is 2.21. The highest BCUT2D eigenvalue weighted by molar-refractivity contribution is 5.98. The molecule has 0 bridgehead atoms. The summed E-state index contributed by atoms with van der Waals surface area (Å²) in [6.45, 7) is 1.91. The van der Waals surface area contributed by atoms with E-state index in [4.69, 9.17) is 4.74 Å². The van der Waals surface area contributed by atoms with E-state index in [1.165, 1.54) is 0 Å². The molecule has 2 atom stereocenters. The average Bonchev–Trinajstić information content (AvgIpc) is 2.56. The van der Waals surface area contributed by atoms with E-state index in [1.807, 2.05) is 25.1 Å². The second-order valence-electron chi connectivity index (χ2n) is 4.96. The maximum absolute atomic E-state index is 12.5. The van der Waals surface area contributed by atoms with Gasteiger partial charge in [0.25, 0.3) is 0 Å². The van der Waals surface area contributed by atoms with Crippen molar-refractivity contribution in [3.63, 3.8) is 0 Å². The van der Waals surface area contributed by atoms with Gasteiger partial charge in [0.1, 0.15) is 5.75 Å². The van der Waals surface area contributed by atoms with Crippen LogP contribution < -0.4 is 4.74 Å². The first-order valence-corrected chi connectivity index (χ1v) is 7.08. The van der Waals surface area contributed by atoms with Crippen LogP contribution in [0.25, 0.3) is 0 Å². The third-order valence-electron chi connectivity index (χ3n) is 3.67. The van der Waals surface area contributed by atoms with Crippen LogP contribution in [0.3, 0.4) is 0 Å². The number of Topliss-reactive ketones (excluding diaryl/α,β-unsaturated/α-hetero) is 1. The summed E-state index contributed by atoms with van der Waals surface area (Å²) in [6.07, 6.45) is -0.227. The minimum atomic E-state index is -0.811. The zero-order valence-corrected chi connectivity index (χ0v) is 12.3. The molecule has 1 N–H and O–H groups in total. The maximum atomic E-state index is 12.5. The van der Waals surface area contributed by atoms with Crippen molar-refractivity contribution in [2.45, 2.75) is 19.4 Å². The van der Waals surface area contributed by atoms with E-state index in [2.05, 4.69) is 0 Å². The van der Waals surface area contributed by atoms with Gasteiger partial charge in [-0.1, -0.05) is 49.4 Å². The molecule has 0 unspecified atom stereocenters. The van der Waals surface area contributed by atoms with Gasteiger partial charge in [-0.15, -0.1) is 0 Å². The van der Waals surface area contributed by atoms with Crippen molar-refractivity contribution in [2.75, 3.05) is 7.11 Å². The van der Waals surface area contributed by atoms with E-state index in [-0.39, 0.29) is 5.78 Å². The van der Waals surface area contributed by atoms with Gasteiger partial charge in [-0.05, 0) is 24.1 Å². The molecule has 2 aromatic carbocycles. The predicted octanol–water partition coefficient (Wildman–Crippen LogP) is 3.64. The highest BCUT2D eigenvalue weighted by Gasteiger charge is 2.27. The molecule has 2 rings (SSSR count). The second kappa shape index (κ2) is 7.04. The molecule has 0 aliphatic rings. The Morgan fingerprint density at radius 1 is 1.10 bits per heavy atom. The molecule has 0 fully saturated rings. The summed E-state index contributed by atoms with van der Waals surface area (Å²) in [5, 5.41) is 10.5. The molecule has 0 aliphatic carbocycles. The second-order valence-corrected chi connectivity index (χ2v) is 4.96. The Labute approximate surface area is 125 Å². The van der Waals surface area contributed by atoms with E-state index in [1.54, 1.807) is 43.5 Å². The van der Waals surface area contributed by atoms with Crippen LogP contribution in [0.5, 0.6) is 5.75 Å². The lowest BCUT2D eigenvalue weighted by molar-refractivity contribution is 0.0667. The number of hydrogen-bond donors (Lipinski definition) is 1. The summed E-state index contributed by atoms with van der Waals surface area (Å²) in [4.78, 5) is 12.5. The van der Waals surface area contributed by atoms with E-state index >= 15 is 0 Å². The molecule has 3 nitrogen and oxygen atoms in total. The van der Waals surface area contributed by atoms with Crippen molar-refractivity contribution >= 4 is 5.78 Å². The fraction of sp³-hybridized carbons (Fsp3) is 0.278. The summed E-state index contributed by atoms with van der Waals surface area (Å²) < 4.78 is 5.10. The van der Waals surface area contributed by atoms with Crippen LogP contribution in [0, 0.1) is 5.92 Å². The van der Waals surface area contributed by atoms with Gasteiger partial charge < -0.3 is 9.84 Å². The number of hydrogen-bond acceptors (Lipinski definition) is 3. The number of aliphatic hydroxyl groups excluding tert-OH is 1. The Hall–Kier alpha value is -2.13. The number of carbonyl (C=O) groups is 1. The fourth-order valence-corrected chi connectivity index (χ4v) is 2.40. The molecule has 2 aromatic rings. The van der Waals surface area contributed by atoms with Crippen LogP contribution in [-0.4, -0.2) is 18.0 Å². The quantitative estimate of drug-likeness (QED) is 0.824. The number of benzene rings is 2. The molecule has 3 heteroatoms. The minimum Gasteiger partial charge on any atom is -0.497 e. The van der Waals surface area contributed by atoms with Gasteiger partial charge in [0.05, 0.1) is 19.1 Å². The number of rotatable bonds is 6. The molecule has 0 saturated carbocycles. The van der Waals surface area contributed by atoms with Crippen molar-refractivity contribution < 1.29 is 14.6 Å². The monoisotopic (exact) mass is 284 g/mol. The first-order chi connectivity index (χ1) is 10.2. The van der Waals surface area contributed by atoms with Crippen molar-refractivity contribution in [1.29, 1.82) is 0 Å². The smallest absolute Gasteiger partial charge is 0.168 e. The Bertz CT molecular complexity index is 575. The zero-order chi connectivity index (χ0) is 15.2. The topological polar surface area (TPSA) is 46.5 Å². The van der Waals surface area contributed by atoms with Crippen LogP contribution in [0.15, 0.2) is 54.6 Å².